The minimum atomic E-state index is -4.07. The number of amides is 2. The normalized spacial score (nSPS) is 23.1. The fraction of sp³-hybridized carbons (Fsp3) is 0.652. The van der Waals surface area contributed by atoms with Crippen LogP contribution in [0.3, 0.4) is 0 Å². The zero-order valence-corrected chi connectivity index (χ0v) is 20.1. The number of rotatable bonds is 4. The van der Waals surface area contributed by atoms with Gasteiger partial charge in [-0.05, 0) is 58.6 Å². The molecular formula is C23H35N3O4S. The number of nitrogens with zero attached hydrogens (tertiary/aromatic N) is 1. The van der Waals surface area contributed by atoms with E-state index in [-0.39, 0.29) is 17.5 Å². The summed E-state index contributed by atoms with van der Waals surface area (Å²) in [5, 5.41) is 5.79. The highest BCUT2D eigenvalue weighted by Gasteiger charge is 2.49. The lowest BCUT2D eigenvalue weighted by Crippen LogP contribution is -2.69. The molecule has 8 heteroatoms. The molecule has 1 unspecified atom stereocenters. The van der Waals surface area contributed by atoms with E-state index in [4.69, 9.17) is 0 Å². The van der Waals surface area contributed by atoms with Crippen LogP contribution in [0.1, 0.15) is 69.1 Å². The van der Waals surface area contributed by atoms with Crippen molar-refractivity contribution >= 4 is 21.8 Å². The molecule has 2 fully saturated rings. The van der Waals surface area contributed by atoms with Gasteiger partial charge in [0.15, 0.2) is 6.04 Å². The molecule has 1 atom stereocenters. The Kier molecular flexibility index (Phi) is 6.81. The molecule has 1 aromatic carbocycles. The first-order valence-electron chi connectivity index (χ1n) is 11.1. The molecule has 1 aliphatic heterocycles. The standard InChI is InChI=1S/C23H35N3O4S/c1-15-12-16(2)20(17(3)13-15)31(29,30)26-14-23(4,5)25-22(28)19(26)21(27)24-18-10-8-6-7-9-11-18/h12-13,18-19H,6-11,14H2,1-5H3,(H,24,27)(H,25,28). The van der Waals surface area contributed by atoms with Crippen molar-refractivity contribution in [3.05, 3.63) is 28.8 Å². The third-order valence-corrected chi connectivity index (χ3v) is 8.29. The van der Waals surface area contributed by atoms with Gasteiger partial charge in [-0.15, -0.1) is 0 Å². The van der Waals surface area contributed by atoms with Gasteiger partial charge in [0.05, 0.1) is 4.90 Å². The maximum Gasteiger partial charge on any atom is 0.248 e. The Morgan fingerprint density at radius 2 is 1.61 bits per heavy atom. The Balaban J connectivity index is 1.99. The molecule has 1 saturated heterocycles. The van der Waals surface area contributed by atoms with Crippen molar-refractivity contribution in [2.45, 2.75) is 95.7 Å². The number of sulfonamides is 1. The fourth-order valence-electron chi connectivity index (χ4n) is 4.92. The number of aryl methyl sites for hydroxylation is 3. The van der Waals surface area contributed by atoms with E-state index in [1.165, 1.54) is 0 Å². The average molecular weight is 450 g/mol. The van der Waals surface area contributed by atoms with Gasteiger partial charge in [0.1, 0.15) is 0 Å². The number of nitrogens with one attached hydrogen (secondary N) is 2. The topological polar surface area (TPSA) is 95.6 Å². The van der Waals surface area contributed by atoms with Gasteiger partial charge in [-0.25, -0.2) is 8.42 Å². The Morgan fingerprint density at radius 1 is 1.06 bits per heavy atom. The van der Waals surface area contributed by atoms with Crippen LogP contribution < -0.4 is 10.6 Å². The van der Waals surface area contributed by atoms with Crippen molar-refractivity contribution in [1.29, 1.82) is 0 Å². The van der Waals surface area contributed by atoms with Crippen molar-refractivity contribution in [3.8, 4) is 0 Å². The molecule has 0 aromatic heterocycles. The van der Waals surface area contributed by atoms with E-state index in [0.29, 0.717) is 11.1 Å². The summed E-state index contributed by atoms with van der Waals surface area (Å²) in [5.41, 5.74) is 1.41. The Morgan fingerprint density at radius 3 is 2.16 bits per heavy atom. The van der Waals surface area contributed by atoms with Crippen LogP contribution in [-0.2, 0) is 19.6 Å². The van der Waals surface area contributed by atoms with Crippen molar-refractivity contribution in [2.24, 2.45) is 0 Å². The fourth-order valence-corrected chi connectivity index (χ4v) is 7.05. The molecule has 2 N–H and O–H groups in total. The maximum absolute atomic E-state index is 13.8. The van der Waals surface area contributed by atoms with Crippen molar-refractivity contribution < 1.29 is 18.0 Å². The van der Waals surface area contributed by atoms with E-state index in [9.17, 15) is 18.0 Å². The Hall–Kier alpha value is -1.93. The van der Waals surface area contributed by atoms with Crippen LogP contribution in [0.2, 0.25) is 0 Å². The first-order valence-corrected chi connectivity index (χ1v) is 12.6. The van der Waals surface area contributed by atoms with E-state index in [1.54, 1.807) is 27.7 Å². The second-order valence-corrected chi connectivity index (χ2v) is 11.6. The van der Waals surface area contributed by atoms with Crippen LogP contribution in [0.25, 0.3) is 0 Å². The maximum atomic E-state index is 13.8. The molecule has 2 aliphatic rings. The molecule has 1 heterocycles. The summed E-state index contributed by atoms with van der Waals surface area (Å²) in [7, 11) is -4.07. The smallest absolute Gasteiger partial charge is 0.248 e. The van der Waals surface area contributed by atoms with Crippen LogP contribution in [0, 0.1) is 20.8 Å². The van der Waals surface area contributed by atoms with Crippen LogP contribution in [-0.4, -0.2) is 48.7 Å². The van der Waals surface area contributed by atoms with Gasteiger partial charge in [0.2, 0.25) is 21.8 Å². The van der Waals surface area contributed by atoms with Gasteiger partial charge in [0.25, 0.3) is 0 Å². The summed E-state index contributed by atoms with van der Waals surface area (Å²) in [4.78, 5) is 26.4. The highest BCUT2D eigenvalue weighted by Crippen LogP contribution is 2.30. The lowest BCUT2D eigenvalue weighted by molar-refractivity contribution is -0.139. The molecule has 0 radical (unpaired) electrons. The third-order valence-electron chi connectivity index (χ3n) is 6.17. The van der Waals surface area contributed by atoms with Crippen molar-refractivity contribution in [1.82, 2.24) is 14.9 Å². The molecule has 3 rings (SSSR count). The monoisotopic (exact) mass is 449 g/mol. The molecule has 1 aromatic rings. The first kappa shape index (κ1) is 23.7. The van der Waals surface area contributed by atoms with Crippen LogP contribution in [0.4, 0.5) is 0 Å². The lowest BCUT2D eigenvalue weighted by Gasteiger charge is -2.42. The summed E-state index contributed by atoms with van der Waals surface area (Å²) >= 11 is 0. The molecule has 172 valence electrons. The number of carbonyl (C=O) groups excluding carboxylic acids is 2. The Bertz CT molecular complexity index is 940. The highest BCUT2D eigenvalue weighted by molar-refractivity contribution is 7.89. The van der Waals surface area contributed by atoms with Crippen LogP contribution in [0.15, 0.2) is 17.0 Å². The molecule has 31 heavy (non-hydrogen) atoms. The molecule has 0 bridgehead atoms. The van der Waals surface area contributed by atoms with Crippen molar-refractivity contribution in [2.75, 3.05) is 6.54 Å². The van der Waals surface area contributed by atoms with Gasteiger partial charge in [-0.3, -0.25) is 9.59 Å². The molecular weight excluding hydrogens is 414 g/mol. The summed E-state index contributed by atoms with van der Waals surface area (Å²) in [6, 6.07) is 2.19. The number of piperazine rings is 1. The summed E-state index contributed by atoms with van der Waals surface area (Å²) < 4.78 is 28.7. The van der Waals surface area contributed by atoms with E-state index >= 15 is 0 Å². The second kappa shape index (κ2) is 8.90. The zero-order chi connectivity index (χ0) is 23.0. The predicted octanol–water partition coefficient (Wildman–Crippen LogP) is 2.72. The van der Waals surface area contributed by atoms with Crippen molar-refractivity contribution in [3.63, 3.8) is 0 Å². The number of hydrogen-bond donors (Lipinski definition) is 2. The molecule has 1 saturated carbocycles. The summed E-state index contributed by atoms with van der Waals surface area (Å²) in [6.07, 6.45) is 6.04. The van der Waals surface area contributed by atoms with E-state index in [0.717, 1.165) is 48.4 Å². The predicted molar refractivity (Wildman–Crippen MR) is 120 cm³/mol. The minimum absolute atomic E-state index is 0.0230. The first-order chi connectivity index (χ1) is 14.4. The molecule has 0 spiro atoms. The van der Waals surface area contributed by atoms with E-state index in [2.05, 4.69) is 10.6 Å². The second-order valence-electron chi connectivity index (χ2n) is 9.75. The average Bonchev–Trinajstić information content (AvgIpc) is 2.87. The largest absolute Gasteiger partial charge is 0.352 e. The van der Waals surface area contributed by atoms with Gasteiger partial charge < -0.3 is 10.6 Å². The molecule has 7 nitrogen and oxygen atoms in total. The van der Waals surface area contributed by atoms with Gasteiger partial charge in [-0.2, -0.15) is 4.31 Å². The molecule has 1 aliphatic carbocycles. The minimum Gasteiger partial charge on any atom is -0.352 e. The lowest BCUT2D eigenvalue weighted by atomic mass is 9.99. The number of carbonyl (C=O) groups is 2. The van der Waals surface area contributed by atoms with Crippen LogP contribution >= 0.6 is 0 Å². The number of hydrogen-bond acceptors (Lipinski definition) is 4. The number of benzene rings is 1. The van der Waals surface area contributed by atoms with Gasteiger partial charge >= 0.3 is 0 Å². The van der Waals surface area contributed by atoms with E-state index < -0.39 is 33.4 Å². The van der Waals surface area contributed by atoms with E-state index in [1.807, 2.05) is 19.1 Å². The zero-order valence-electron chi connectivity index (χ0n) is 19.2. The SMILES string of the molecule is Cc1cc(C)c(S(=O)(=O)N2CC(C)(C)NC(=O)C2C(=O)NC2CCCCCC2)c(C)c1. The quantitative estimate of drug-likeness (QED) is 0.546. The van der Waals surface area contributed by atoms with Gasteiger partial charge in [-0.1, -0.05) is 43.4 Å². The third kappa shape index (κ3) is 5.12. The highest BCUT2D eigenvalue weighted by atomic mass is 32.2. The summed E-state index contributed by atoms with van der Waals surface area (Å²) in [5.74, 6) is -1.11. The van der Waals surface area contributed by atoms with Gasteiger partial charge in [0, 0.05) is 18.1 Å². The summed E-state index contributed by atoms with van der Waals surface area (Å²) in [6.45, 7) is 8.97. The molecule has 2 amide bonds. The van der Waals surface area contributed by atoms with Crippen LogP contribution in [0.5, 0.6) is 0 Å². The Labute approximate surface area is 186 Å².